The summed E-state index contributed by atoms with van der Waals surface area (Å²) >= 11 is 0. The number of hydrogen-bond donors (Lipinski definition) is 0. The van der Waals surface area contributed by atoms with Crippen LogP contribution in [0.1, 0.15) is 6.92 Å². The average molecular weight is 614 g/mol. The van der Waals surface area contributed by atoms with Gasteiger partial charge in [-0.3, -0.25) is 0 Å². The van der Waals surface area contributed by atoms with Crippen molar-refractivity contribution in [3.8, 4) is 0 Å². The molecule has 0 aliphatic heterocycles. The molecule has 0 fully saturated rings. The molecular formula is C29H57O13. The minimum absolute atomic E-state index is 0.460. The van der Waals surface area contributed by atoms with E-state index >= 15 is 0 Å². The highest BCUT2D eigenvalue weighted by molar-refractivity contribution is 4.72. The minimum atomic E-state index is 0.460. The molecule has 0 saturated carbocycles. The molecule has 0 N–H and O–H groups in total. The van der Waals surface area contributed by atoms with Gasteiger partial charge in [0.25, 0.3) is 0 Å². The Balaban J connectivity index is 3.03. The fraction of sp³-hybridized carbons (Fsp3) is 0.897. The molecular weight excluding hydrogens is 556 g/mol. The summed E-state index contributed by atoms with van der Waals surface area (Å²) in [4.78, 5) is 0. The lowest BCUT2D eigenvalue weighted by Gasteiger charge is -2.09. The van der Waals surface area contributed by atoms with Crippen LogP contribution in [0.5, 0.6) is 0 Å². The topological polar surface area (TPSA) is 120 Å². The van der Waals surface area contributed by atoms with E-state index in [1.165, 1.54) is 0 Å². The largest absolute Gasteiger partial charge is 0.496 e. The Morgan fingerprint density at radius 1 is 0.310 bits per heavy atom. The van der Waals surface area contributed by atoms with Crippen molar-refractivity contribution in [1.29, 1.82) is 0 Å². The van der Waals surface area contributed by atoms with Crippen LogP contribution in [0.15, 0.2) is 12.3 Å². The monoisotopic (exact) mass is 613 g/mol. The first-order valence-electron chi connectivity index (χ1n) is 14.8. The molecule has 0 aromatic rings. The molecule has 13 heteroatoms. The second-order valence-corrected chi connectivity index (χ2v) is 8.40. The number of hydrogen-bond acceptors (Lipinski definition) is 13. The molecule has 13 nitrogen and oxygen atoms in total. The molecule has 0 rings (SSSR count). The van der Waals surface area contributed by atoms with Crippen molar-refractivity contribution in [2.45, 2.75) is 6.92 Å². The third-order valence-corrected chi connectivity index (χ3v) is 4.81. The number of rotatable bonds is 38. The van der Waals surface area contributed by atoms with Crippen molar-refractivity contribution < 1.29 is 61.6 Å². The van der Waals surface area contributed by atoms with Crippen molar-refractivity contribution in [2.24, 2.45) is 0 Å². The van der Waals surface area contributed by atoms with Gasteiger partial charge in [-0.05, 0) is 13.8 Å². The molecule has 0 amide bonds. The van der Waals surface area contributed by atoms with Crippen LogP contribution in [-0.4, -0.2) is 165 Å². The summed E-state index contributed by atoms with van der Waals surface area (Å²) in [6.45, 7) is 22.0. The van der Waals surface area contributed by atoms with E-state index in [4.69, 9.17) is 61.6 Å². The molecule has 0 unspecified atom stereocenters. The van der Waals surface area contributed by atoms with Crippen LogP contribution >= 0.6 is 0 Å². The lowest BCUT2D eigenvalue weighted by Crippen LogP contribution is -2.15. The molecule has 0 spiro atoms. The molecule has 0 bridgehead atoms. The van der Waals surface area contributed by atoms with Crippen LogP contribution in [0.4, 0.5) is 0 Å². The van der Waals surface area contributed by atoms with Crippen molar-refractivity contribution in [2.75, 3.05) is 165 Å². The van der Waals surface area contributed by atoms with Gasteiger partial charge < -0.3 is 61.6 Å². The Labute approximate surface area is 253 Å². The van der Waals surface area contributed by atoms with E-state index < -0.39 is 0 Å². The quantitative estimate of drug-likeness (QED) is 0.0741. The van der Waals surface area contributed by atoms with Crippen molar-refractivity contribution in [3.05, 3.63) is 19.3 Å². The summed E-state index contributed by atoms with van der Waals surface area (Å²) < 4.78 is 70.0. The van der Waals surface area contributed by atoms with Crippen molar-refractivity contribution in [3.63, 3.8) is 0 Å². The molecule has 0 aliphatic carbocycles. The van der Waals surface area contributed by atoms with Gasteiger partial charge in [0, 0.05) is 6.61 Å². The maximum atomic E-state index is 5.47. The predicted molar refractivity (Wildman–Crippen MR) is 156 cm³/mol. The lowest BCUT2D eigenvalue weighted by molar-refractivity contribution is -0.0285. The Bertz CT molecular complexity index is 514. The van der Waals surface area contributed by atoms with Crippen LogP contribution in [0.25, 0.3) is 0 Å². The van der Waals surface area contributed by atoms with Gasteiger partial charge >= 0.3 is 0 Å². The van der Waals surface area contributed by atoms with Gasteiger partial charge in [-0.2, -0.15) is 0 Å². The second kappa shape index (κ2) is 38.1. The fourth-order valence-electron chi connectivity index (χ4n) is 2.80. The van der Waals surface area contributed by atoms with Gasteiger partial charge in [0.2, 0.25) is 0 Å². The predicted octanol–water partition coefficient (Wildman–Crippen LogP) is 1.57. The Morgan fingerprint density at radius 2 is 0.476 bits per heavy atom. The van der Waals surface area contributed by atoms with Crippen LogP contribution in [-0.2, 0) is 61.6 Å². The number of allylic oxidation sites excluding steroid dienone is 1. The van der Waals surface area contributed by atoms with Crippen LogP contribution in [0.3, 0.4) is 0 Å². The highest BCUT2D eigenvalue weighted by atomic mass is 16.6. The summed E-state index contributed by atoms with van der Waals surface area (Å²) in [7, 11) is 0. The first-order valence-corrected chi connectivity index (χ1v) is 14.8. The van der Waals surface area contributed by atoms with E-state index in [-0.39, 0.29) is 0 Å². The molecule has 0 aliphatic rings. The minimum Gasteiger partial charge on any atom is -0.496 e. The molecule has 0 atom stereocenters. The normalized spacial score (nSPS) is 11.4. The molecule has 0 heterocycles. The van der Waals surface area contributed by atoms with E-state index in [9.17, 15) is 0 Å². The maximum Gasteiger partial charge on any atom is 0.111 e. The zero-order valence-corrected chi connectivity index (χ0v) is 25.9. The molecule has 251 valence electrons. The molecule has 0 saturated heterocycles. The SMILES string of the molecule is [CH2]COCCOCCOCCOCCOCCOCCOCCOCCOCCOCCOCCOCCOC(=C)C. The van der Waals surface area contributed by atoms with E-state index in [0.29, 0.717) is 171 Å². The van der Waals surface area contributed by atoms with E-state index in [1.807, 2.05) is 6.92 Å². The molecule has 1 radical (unpaired) electrons. The summed E-state index contributed by atoms with van der Waals surface area (Å²) in [5.41, 5.74) is 0. The Morgan fingerprint density at radius 3 is 0.643 bits per heavy atom. The number of ether oxygens (including phenoxy) is 13. The molecule has 0 aromatic heterocycles. The third kappa shape index (κ3) is 39.1. The Hall–Kier alpha value is -0.940. The molecule has 0 aromatic carbocycles. The zero-order chi connectivity index (χ0) is 30.4. The van der Waals surface area contributed by atoms with Gasteiger partial charge in [-0.25, -0.2) is 0 Å². The standard InChI is InChI=1S/C29H57O13/c1-4-30-5-6-31-7-8-32-9-10-33-11-12-34-13-14-35-15-16-36-17-18-37-19-20-38-21-22-39-23-24-40-25-26-41-27-28-42-29(2)3/h1-2,4-28H2,3H3. The summed E-state index contributed by atoms with van der Waals surface area (Å²) in [6.07, 6.45) is 0. The summed E-state index contributed by atoms with van der Waals surface area (Å²) in [6, 6.07) is 0. The van der Waals surface area contributed by atoms with Gasteiger partial charge in [0.15, 0.2) is 0 Å². The lowest BCUT2D eigenvalue weighted by atomic mass is 10.6. The first-order chi connectivity index (χ1) is 20.8. The van der Waals surface area contributed by atoms with Gasteiger partial charge in [0.05, 0.1) is 158 Å². The van der Waals surface area contributed by atoms with E-state index in [2.05, 4.69) is 13.5 Å². The van der Waals surface area contributed by atoms with E-state index in [0.717, 1.165) is 0 Å². The van der Waals surface area contributed by atoms with Crippen LogP contribution in [0, 0.1) is 6.92 Å². The second-order valence-electron chi connectivity index (χ2n) is 8.40. The smallest absolute Gasteiger partial charge is 0.111 e. The van der Waals surface area contributed by atoms with Crippen molar-refractivity contribution >= 4 is 0 Å². The average Bonchev–Trinajstić information content (AvgIpc) is 2.98. The summed E-state index contributed by atoms with van der Waals surface area (Å²) in [5, 5.41) is 0. The fourth-order valence-corrected chi connectivity index (χ4v) is 2.80. The summed E-state index contributed by atoms with van der Waals surface area (Å²) in [5.74, 6) is 0.688. The highest BCUT2D eigenvalue weighted by Gasteiger charge is 1.96. The Kier molecular flexibility index (Phi) is 37.2. The first kappa shape index (κ1) is 41.1. The van der Waals surface area contributed by atoms with Crippen LogP contribution < -0.4 is 0 Å². The van der Waals surface area contributed by atoms with E-state index in [1.54, 1.807) is 0 Å². The molecule has 42 heavy (non-hydrogen) atoms. The van der Waals surface area contributed by atoms with Gasteiger partial charge in [-0.15, -0.1) is 0 Å². The highest BCUT2D eigenvalue weighted by Crippen LogP contribution is 1.90. The van der Waals surface area contributed by atoms with Gasteiger partial charge in [-0.1, -0.05) is 6.58 Å². The zero-order valence-electron chi connectivity index (χ0n) is 25.9. The maximum absolute atomic E-state index is 5.47. The third-order valence-electron chi connectivity index (χ3n) is 4.81. The van der Waals surface area contributed by atoms with Gasteiger partial charge in [0.1, 0.15) is 6.61 Å². The van der Waals surface area contributed by atoms with Crippen LogP contribution in [0.2, 0.25) is 0 Å². The van der Waals surface area contributed by atoms with Crippen molar-refractivity contribution in [1.82, 2.24) is 0 Å².